The van der Waals surface area contributed by atoms with Crippen LogP contribution in [0.1, 0.15) is 26.2 Å². The molecule has 4 rings (SSSR count). The second-order valence-corrected chi connectivity index (χ2v) is 7.71. The highest BCUT2D eigenvalue weighted by molar-refractivity contribution is 5.87. The quantitative estimate of drug-likeness (QED) is 0.830. The number of benzene rings is 1. The Balaban J connectivity index is 1.25. The molecule has 1 aromatic rings. The van der Waals surface area contributed by atoms with E-state index >= 15 is 0 Å². The van der Waals surface area contributed by atoms with Crippen molar-refractivity contribution in [3.63, 3.8) is 0 Å². The summed E-state index contributed by atoms with van der Waals surface area (Å²) in [5.74, 6) is 1.69. The molecule has 1 atom stereocenters. The molecular weight excluding hydrogens is 304 g/mol. The number of amides is 2. The minimum absolute atomic E-state index is 0.0382. The summed E-state index contributed by atoms with van der Waals surface area (Å²) in [6.07, 6.45) is 3.12. The van der Waals surface area contributed by atoms with Gasteiger partial charge < -0.3 is 14.5 Å². The molecule has 2 amide bonds. The van der Waals surface area contributed by atoms with Gasteiger partial charge in [0.2, 0.25) is 11.8 Å². The highest BCUT2D eigenvalue weighted by atomic mass is 16.5. The summed E-state index contributed by atoms with van der Waals surface area (Å²) in [5.41, 5.74) is 0.0886. The summed E-state index contributed by atoms with van der Waals surface area (Å²) >= 11 is 0. The van der Waals surface area contributed by atoms with Gasteiger partial charge >= 0.3 is 0 Å². The third-order valence-corrected chi connectivity index (χ3v) is 5.60. The lowest BCUT2D eigenvalue weighted by molar-refractivity contribution is -0.144. The van der Waals surface area contributed by atoms with Crippen LogP contribution in [0.15, 0.2) is 30.3 Å². The van der Waals surface area contributed by atoms with Crippen molar-refractivity contribution >= 4 is 11.8 Å². The van der Waals surface area contributed by atoms with E-state index in [0.717, 1.165) is 12.3 Å². The minimum Gasteiger partial charge on any atom is -0.487 e. The van der Waals surface area contributed by atoms with Gasteiger partial charge in [0.15, 0.2) is 0 Å². The van der Waals surface area contributed by atoms with E-state index in [4.69, 9.17) is 4.74 Å². The van der Waals surface area contributed by atoms with Crippen LogP contribution in [-0.4, -0.2) is 53.9 Å². The Labute approximate surface area is 142 Å². The van der Waals surface area contributed by atoms with E-state index in [2.05, 4.69) is 6.92 Å². The lowest BCUT2D eigenvalue weighted by Gasteiger charge is -2.39. The van der Waals surface area contributed by atoms with Crippen LogP contribution in [0, 0.1) is 11.3 Å². The van der Waals surface area contributed by atoms with Crippen LogP contribution in [0.5, 0.6) is 5.75 Å². The van der Waals surface area contributed by atoms with Crippen molar-refractivity contribution in [2.75, 3.05) is 26.2 Å². The van der Waals surface area contributed by atoms with Gasteiger partial charge in [-0.2, -0.15) is 0 Å². The number of nitrogens with zero attached hydrogens (tertiary/aromatic N) is 2. The van der Waals surface area contributed by atoms with Crippen LogP contribution < -0.4 is 4.74 Å². The van der Waals surface area contributed by atoms with Gasteiger partial charge in [0.25, 0.3) is 0 Å². The lowest BCUT2D eigenvalue weighted by atomic mass is 9.84. The first kappa shape index (κ1) is 15.5. The Morgan fingerprint density at radius 2 is 1.96 bits per heavy atom. The molecule has 24 heavy (non-hydrogen) atoms. The number of carbonyl (C=O) groups is 2. The van der Waals surface area contributed by atoms with Crippen LogP contribution in [0.4, 0.5) is 0 Å². The maximum Gasteiger partial charge on any atom is 0.242 e. The van der Waals surface area contributed by atoms with Crippen LogP contribution >= 0.6 is 0 Å². The van der Waals surface area contributed by atoms with Gasteiger partial charge in [-0.1, -0.05) is 25.1 Å². The van der Waals surface area contributed by atoms with Gasteiger partial charge in [-0.15, -0.1) is 0 Å². The monoisotopic (exact) mass is 328 g/mol. The van der Waals surface area contributed by atoms with Gasteiger partial charge in [0.1, 0.15) is 11.9 Å². The average molecular weight is 328 g/mol. The minimum atomic E-state index is 0.0382. The zero-order valence-electron chi connectivity index (χ0n) is 14.1. The number of hydrogen-bond donors (Lipinski definition) is 0. The number of carbonyl (C=O) groups excluding carboxylic acids is 2. The summed E-state index contributed by atoms with van der Waals surface area (Å²) in [5, 5.41) is 0. The van der Waals surface area contributed by atoms with Crippen LogP contribution in [0.3, 0.4) is 0 Å². The van der Waals surface area contributed by atoms with E-state index < -0.39 is 0 Å². The highest BCUT2D eigenvalue weighted by Crippen LogP contribution is 2.50. The van der Waals surface area contributed by atoms with Crippen LogP contribution in [-0.2, 0) is 9.59 Å². The van der Waals surface area contributed by atoms with Crippen LogP contribution in [0.2, 0.25) is 0 Å². The molecule has 0 bridgehead atoms. The highest BCUT2D eigenvalue weighted by Gasteiger charge is 2.49. The second kappa shape index (κ2) is 5.80. The molecule has 0 radical (unpaired) electrons. The number of likely N-dealkylation sites (tertiary alicyclic amines) is 2. The molecule has 1 saturated carbocycles. The van der Waals surface area contributed by atoms with Gasteiger partial charge in [0, 0.05) is 13.0 Å². The fourth-order valence-electron chi connectivity index (χ4n) is 3.91. The Bertz CT molecular complexity index is 637. The summed E-state index contributed by atoms with van der Waals surface area (Å²) < 4.78 is 5.82. The number of para-hydroxylation sites is 1. The molecule has 3 aliphatic rings. The predicted molar refractivity (Wildman–Crippen MR) is 89.5 cm³/mol. The first-order valence-corrected chi connectivity index (χ1v) is 8.81. The van der Waals surface area contributed by atoms with Gasteiger partial charge in [-0.25, -0.2) is 0 Å². The predicted octanol–water partition coefficient (Wildman–Crippen LogP) is 1.92. The van der Waals surface area contributed by atoms with Crippen molar-refractivity contribution < 1.29 is 14.3 Å². The van der Waals surface area contributed by atoms with E-state index in [0.29, 0.717) is 25.4 Å². The van der Waals surface area contributed by atoms with Crippen molar-refractivity contribution in [3.8, 4) is 5.75 Å². The van der Waals surface area contributed by atoms with E-state index in [9.17, 15) is 9.59 Å². The van der Waals surface area contributed by atoms with Crippen LogP contribution in [0.25, 0.3) is 0 Å². The zero-order valence-corrected chi connectivity index (χ0v) is 14.1. The van der Waals surface area contributed by atoms with E-state index in [-0.39, 0.29) is 29.9 Å². The molecule has 0 spiro atoms. The van der Waals surface area contributed by atoms with Crippen molar-refractivity contribution in [2.24, 2.45) is 11.3 Å². The maximum atomic E-state index is 12.4. The van der Waals surface area contributed by atoms with Gasteiger partial charge in [-0.05, 0) is 36.3 Å². The lowest BCUT2D eigenvalue weighted by Crippen LogP contribution is -2.58. The van der Waals surface area contributed by atoms with Crippen molar-refractivity contribution in [2.45, 2.75) is 32.3 Å². The van der Waals surface area contributed by atoms with Crippen molar-refractivity contribution in [3.05, 3.63) is 30.3 Å². The van der Waals surface area contributed by atoms with Crippen molar-refractivity contribution in [1.82, 2.24) is 9.80 Å². The molecule has 2 saturated heterocycles. The first-order valence-electron chi connectivity index (χ1n) is 8.81. The zero-order chi connectivity index (χ0) is 16.7. The van der Waals surface area contributed by atoms with Gasteiger partial charge in [0.05, 0.1) is 19.6 Å². The molecule has 1 aromatic carbocycles. The largest absolute Gasteiger partial charge is 0.487 e. The van der Waals surface area contributed by atoms with E-state index in [1.54, 1.807) is 9.80 Å². The molecule has 128 valence electrons. The second-order valence-electron chi connectivity index (χ2n) is 7.71. The first-order chi connectivity index (χ1) is 11.5. The number of hydrogen-bond acceptors (Lipinski definition) is 3. The van der Waals surface area contributed by atoms with Gasteiger partial charge in [-0.3, -0.25) is 9.59 Å². The number of ether oxygens (including phenoxy) is 1. The Kier molecular flexibility index (Phi) is 3.74. The normalized spacial score (nSPS) is 27.3. The number of rotatable bonds is 5. The maximum absolute atomic E-state index is 12.4. The summed E-state index contributed by atoms with van der Waals surface area (Å²) in [6, 6.07) is 9.67. The fraction of sp³-hybridized carbons (Fsp3) is 0.579. The summed E-state index contributed by atoms with van der Waals surface area (Å²) in [4.78, 5) is 28.2. The molecule has 2 aliphatic heterocycles. The average Bonchev–Trinajstić information content (AvgIpc) is 3.32. The topological polar surface area (TPSA) is 49.9 Å². The summed E-state index contributed by atoms with van der Waals surface area (Å²) in [7, 11) is 0. The molecule has 0 N–H and O–H groups in total. The smallest absolute Gasteiger partial charge is 0.242 e. The fourth-order valence-corrected chi connectivity index (χ4v) is 3.91. The molecule has 1 aliphatic carbocycles. The van der Waals surface area contributed by atoms with Crippen molar-refractivity contribution in [1.29, 1.82) is 0 Å². The van der Waals surface area contributed by atoms with E-state index in [1.165, 1.54) is 12.8 Å². The molecule has 5 nitrogen and oxygen atoms in total. The Morgan fingerprint density at radius 1 is 1.25 bits per heavy atom. The Hall–Kier alpha value is -2.04. The summed E-state index contributed by atoms with van der Waals surface area (Å²) in [6.45, 7) is 4.37. The van der Waals surface area contributed by atoms with E-state index in [1.807, 2.05) is 30.3 Å². The Morgan fingerprint density at radius 3 is 2.62 bits per heavy atom. The SMILES string of the molecule is CC1(C2CC2)CC(=O)N(CC(=O)N2CC(Oc3ccccc3)C2)C1. The molecule has 5 heteroatoms. The molecular formula is C19H24N2O3. The molecule has 3 fully saturated rings. The molecule has 1 unspecified atom stereocenters. The molecule has 2 heterocycles. The third kappa shape index (κ3) is 2.99. The standard InChI is InChI=1S/C19H24N2O3/c1-19(14-7-8-14)9-17(22)21(13-19)12-18(23)20-10-16(11-20)24-15-5-3-2-4-6-15/h2-6,14,16H,7-13H2,1H3. The molecule has 0 aromatic heterocycles. The third-order valence-electron chi connectivity index (χ3n) is 5.60.